The highest BCUT2D eigenvalue weighted by Crippen LogP contribution is 2.39. The van der Waals surface area contributed by atoms with Gasteiger partial charge in [-0.15, -0.1) is 0 Å². The van der Waals surface area contributed by atoms with Crippen LogP contribution < -0.4 is 4.90 Å². The molecule has 0 fully saturated rings. The average molecular weight is 416 g/mol. The third-order valence-corrected chi connectivity index (χ3v) is 5.40. The van der Waals surface area contributed by atoms with Gasteiger partial charge in [0.2, 0.25) is 11.5 Å². The number of hydrogen-bond donors (Lipinski definition) is 2. The molecule has 0 saturated heterocycles. The molecular weight excluding hydrogens is 392 g/mol. The summed E-state index contributed by atoms with van der Waals surface area (Å²) in [6.45, 7) is 2.25. The van der Waals surface area contributed by atoms with Gasteiger partial charge < -0.3 is 19.7 Å². The number of aromatic amines is 1. The summed E-state index contributed by atoms with van der Waals surface area (Å²) >= 11 is 0. The number of ether oxygens (including phenoxy) is 1. The van der Waals surface area contributed by atoms with E-state index in [4.69, 9.17) is 4.74 Å². The predicted molar refractivity (Wildman–Crippen MR) is 117 cm³/mol. The van der Waals surface area contributed by atoms with E-state index in [0.717, 1.165) is 16.8 Å². The first kappa shape index (κ1) is 20.6. The number of carbonyl (C=O) groups is 2. The smallest absolute Gasteiger partial charge is 0.348 e. The lowest BCUT2D eigenvalue weighted by Gasteiger charge is -2.22. The second-order valence-electron chi connectivity index (χ2n) is 7.38. The van der Waals surface area contributed by atoms with Gasteiger partial charge in [-0.3, -0.25) is 4.79 Å². The van der Waals surface area contributed by atoms with Gasteiger partial charge in [0.15, 0.2) is 0 Å². The second kappa shape index (κ2) is 8.62. The third-order valence-electron chi connectivity index (χ3n) is 5.40. The fourth-order valence-corrected chi connectivity index (χ4v) is 3.84. The molecule has 0 saturated carbocycles. The quantitative estimate of drug-likeness (QED) is 0.455. The number of H-pyrrole nitrogens is 1. The van der Waals surface area contributed by atoms with Crippen molar-refractivity contribution in [3.8, 4) is 0 Å². The van der Waals surface area contributed by atoms with Crippen molar-refractivity contribution < 1.29 is 19.4 Å². The highest BCUT2D eigenvalue weighted by Gasteiger charge is 2.40. The van der Waals surface area contributed by atoms with Crippen LogP contribution in [0.1, 0.15) is 29.7 Å². The van der Waals surface area contributed by atoms with Crippen molar-refractivity contribution in [1.29, 1.82) is 0 Å². The number of esters is 1. The predicted octanol–water partition coefficient (Wildman–Crippen LogP) is 3.65. The number of anilines is 1. The molecule has 2 N–H and O–H groups in total. The third kappa shape index (κ3) is 3.90. The van der Waals surface area contributed by atoms with Crippen LogP contribution in [0.15, 0.2) is 85.1 Å². The molecular formula is C25H24N2O4. The van der Waals surface area contributed by atoms with E-state index in [1.54, 1.807) is 36.2 Å². The van der Waals surface area contributed by atoms with E-state index in [9.17, 15) is 14.7 Å². The maximum atomic E-state index is 13.3. The summed E-state index contributed by atoms with van der Waals surface area (Å²) in [5, 5.41) is 11.1. The van der Waals surface area contributed by atoms with Crippen LogP contribution in [-0.2, 0) is 26.5 Å². The number of aromatic nitrogens is 1. The molecule has 1 amide bonds. The standard InChI is InChI=1S/C25H24N2O4/c1-2-31-24(29)25(30,22-13-8-16-26-22)15-14-20-19-11-6-7-12-21(19)27(23(20)28)17-18-9-4-3-5-10-18/h3-16,20,26,30H,2,17H2,1H3/b15-14+/t20?,25-/m1/s1. The molecule has 2 aromatic carbocycles. The Hall–Kier alpha value is -3.64. The molecule has 0 radical (unpaired) electrons. The number of rotatable bonds is 7. The van der Waals surface area contributed by atoms with Gasteiger partial charge in [-0.1, -0.05) is 54.6 Å². The fraction of sp³-hybridized carbons (Fsp3) is 0.200. The van der Waals surface area contributed by atoms with Gasteiger partial charge in [0.25, 0.3) is 0 Å². The van der Waals surface area contributed by atoms with E-state index in [-0.39, 0.29) is 18.2 Å². The molecule has 0 bridgehead atoms. The van der Waals surface area contributed by atoms with E-state index in [2.05, 4.69) is 4.98 Å². The van der Waals surface area contributed by atoms with Crippen LogP contribution >= 0.6 is 0 Å². The molecule has 6 nitrogen and oxygen atoms in total. The monoisotopic (exact) mass is 416 g/mol. The molecule has 2 atom stereocenters. The van der Waals surface area contributed by atoms with Crippen molar-refractivity contribution in [3.05, 3.63) is 102 Å². The molecule has 0 spiro atoms. The van der Waals surface area contributed by atoms with Crippen LogP contribution in [0.4, 0.5) is 5.69 Å². The Morgan fingerprint density at radius 3 is 2.58 bits per heavy atom. The summed E-state index contributed by atoms with van der Waals surface area (Å²) in [5.41, 5.74) is 0.941. The minimum absolute atomic E-state index is 0.112. The van der Waals surface area contributed by atoms with Crippen LogP contribution in [0.2, 0.25) is 0 Å². The molecule has 0 aliphatic carbocycles. The van der Waals surface area contributed by atoms with Crippen molar-refractivity contribution in [2.75, 3.05) is 11.5 Å². The molecule has 4 rings (SSSR count). The highest BCUT2D eigenvalue weighted by atomic mass is 16.5. The Bertz CT molecular complexity index is 1090. The second-order valence-corrected chi connectivity index (χ2v) is 7.38. The largest absolute Gasteiger partial charge is 0.463 e. The van der Waals surface area contributed by atoms with Gasteiger partial charge in [0.05, 0.1) is 24.8 Å². The lowest BCUT2D eigenvalue weighted by atomic mass is 9.94. The number of nitrogens with zero attached hydrogens (tertiary/aromatic N) is 1. The van der Waals surface area contributed by atoms with Gasteiger partial charge >= 0.3 is 5.97 Å². The normalized spacial score (nSPS) is 17.5. The summed E-state index contributed by atoms with van der Waals surface area (Å²) in [6, 6.07) is 20.6. The van der Waals surface area contributed by atoms with Crippen molar-refractivity contribution >= 4 is 17.6 Å². The summed E-state index contributed by atoms with van der Waals surface area (Å²) in [6.07, 6.45) is 4.55. The number of para-hydroxylation sites is 1. The number of amides is 1. The minimum atomic E-state index is -2.01. The zero-order chi connectivity index (χ0) is 21.8. The molecule has 158 valence electrons. The number of hydrogen-bond acceptors (Lipinski definition) is 4. The van der Waals surface area contributed by atoms with E-state index in [1.165, 1.54) is 6.08 Å². The lowest BCUT2D eigenvalue weighted by Crippen LogP contribution is -2.36. The maximum absolute atomic E-state index is 13.3. The Balaban J connectivity index is 1.68. The Morgan fingerprint density at radius 2 is 1.87 bits per heavy atom. The van der Waals surface area contributed by atoms with E-state index >= 15 is 0 Å². The first-order chi connectivity index (χ1) is 15.0. The topological polar surface area (TPSA) is 82.6 Å². The summed E-state index contributed by atoms with van der Waals surface area (Å²) in [5.74, 6) is -1.52. The SMILES string of the molecule is CCOC(=O)[C@@](O)(/C=C/C1C(=O)N(Cc2ccccc2)c2ccccc21)c1ccc[nH]1. The Labute approximate surface area is 180 Å². The average Bonchev–Trinajstić information content (AvgIpc) is 3.42. The Kier molecular flexibility index (Phi) is 5.73. The van der Waals surface area contributed by atoms with E-state index in [0.29, 0.717) is 6.54 Å². The van der Waals surface area contributed by atoms with Crippen molar-refractivity contribution in [2.24, 2.45) is 0 Å². The number of nitrogens with one attached hydrogen (secondary N) is 1. The number of benzene rings is 2. The number of fused-ring (bicyclic) bond motifs is 1. The molecule has 2 heterocycles. The first-order valence-corrected chi connectivity index (χ1v) is 10.2. The molecule has 1 aliphatic heterocycles. The van der Waals surface area contributed by atoms with Crippen molar-refractivity contribution in [1.82, 2.24) is 4.98 Å². The zero-order valence-corrected chi connectivity index (χ0v) is 17.2. The van der Waals surface area contributed by atoms with Crippen LogP contribution in [0.5, 0.6) is 0 Å². The fourth-order valence-electron chi connectivity index (χ4n) is 3.84. The molecule has 1 aliphatic rings. The number of carbonyl (C=O) groups excluding carboxylic acids is 2. The first-order valence-electron chi connectivity index (χ1n) is 10.2. The van der Waals surface area contributed by atoms with Crippen molar-refractivity contribution in [3.63, 3.8) is 0 Å². The van der Waals surface area contributed by atoms with Crippen LogP contribution in [0.3, 0.4) is 0 Å². The summed E-state index contributed by atoms with van der Waals surface area (Å²) in [4.78, 5) is 30.5. The van der Waals surface area contributed by atoms with E-state index in [1.807, 2.05) is 54.6 Å². The van der Waals surface area contributed by atoms with Gasteiger partial charge in [-0.25, -0.2) is 4.79 Å². The minimum Gasteiger partial charge on any atom is -0.463 e. The molecule has 6 heteroatoms. The molecule has 1 aromatic heterocycles. The summed E-state index contributed by atoms with van der Waals surface area (Å²) in [7, 11) is 0. The van der Waals surface area contributed by atoms with Crippen LogP contribution in [-0.4, -0.2) is 28.6 Å². The van der Waals surface area contributed by atoms with Crippen LogP contribution in [0, 0.1) is 0 Å². The van der Waals surface area contributed by atoms with Crippen LogP contribution in [0.25, 0.3) is 0 Å². The van der Waals surface area contributed by atoms with Gasteiger partial charge in [-0.05, 0) is 42.3 Å². The summed E-state index contributed by atoms with van der Waals surface area (Å²) < 4.78 is 5.09. The molecule has 3 aromatic rings. The van der Waals surface area contributed by atoms with E-state index < -0.39 is 17.5 Å². The zero-order valence-electron chi connectivity index (χ0n) is 17.2. The molecule has 31 heavy (non-hydrogen) atoms. The highest BCUT2D eigenvalue weighted by molar-refractivity contribution is 6.06. The van der Waals surface area contributed by atoms with Crippen molar-refractivity contribution in [2.45, 2.75) is 25.0 Å². The maximum Gasteiger partial charge on any atom is 0.348 e. The van der Waals surface area contributed by atoms with Gasteiger partial charge in [0.1, 0.15) is 0 Å². The molecule has 1 unspecified atom stereocenters. The lowest BCUT2D eigenvalue weighted by molar-refractivity contribution is -0.161. The number of aliphatic hydroxyl groups is 1. The van der Waals surface area contributed by atoms with Gasteiger partial charge in [0, 0.05) is 11.9 Å². The Morgan fingerprint density at radius 1 is 1.13 bits per heavy atom. The van der Waals surface area contributed by atoms with Gasteiger partial charge in [-0.2, -0.15) is 0 Å².